The smallest absolute Gasteiger partial charge is 0.0175 e. The Bertz CT molecular complexity index is 112. The summed E-state index contributed by atoms with van der Waals surface area (Å²) in [6.07, 6.45) is 14.2. The van der Waals surface area contributed by atoms with Crippen molar-refractivity contribution in [3.05, 3.63) is 24.3 Å². The van der Waals surface area contributed by atoms with Crippen molar-refractivity contribution < 1.29 is 0 Å². The van der Waals surface area contributed by atoms with Gasteiger partial charge < -0.3 is 0 Å². The first kappa shape index (κ1) is 12.9. The molecule has 0 bridgehead atoms. The van der Waals surface area contributed by atoms with Crippen molar-refractivity contribution in [2.75, 3.05) is 8.86 Å². The van der Waals surface area contributed by atoms with E-state index in [1.54, 1.807) is 0 Å². The average Bonchev–Trinajstić information content (AvgIpc) is 2.10. The molecule has 0 aliphatic carbocycles. The Labute approximate surface area is 103 Å². The summed E-state index contributed by atoms with van der Waals surface area (Å²) in [6, 6.07) is 0. The van der Waals surface area contributed by atoms with Crippen molar-refractivity contribution in [3.63, 3.8) is 0 Å². The molecule has 0 aromatic carbocycles. The molecule has 0 nitrogen and oxygen atoms in total. The zero-order chi connectivity index (χ0) is 9.07. The van der Waals surface area contributed by atoms with Crippen molar-refractivity contribution in [1.29, 1.82) is 0 Å². The summed E-state index contributed by atoms with van der Waals surface area (Å²) >= 11 is 4.74. The highest BCUT2D eigenvalue weighted by atomic mass is 127. The molecule has 0 aliphatic heterocycles. The maximum Gasteiger partial charge on any atom is 0.0175 e. The van der Waals surface area contributed by atoms with Gasteiger partial charge in [-0.15, -0.1) is 0 Å². The molecular formula is C10H16I2. The van der Waals surface area contributed by atoms with Crippen LogP contribution >= 0.6 is 45.2 Å². The first-order valence-electron chi connectivity index (χ1n) is 4.33. The third-order valence-electron chi connectivity index (χ3n) is 1.50. The first-order chi connectivity index (χ1) is 5.91. The molecule has 0 aromatic heterocycles. The normalized spacial score (nSPS) is 11.8. The van der Waals surface area contributed by atoms with E-state index < -0.39 is 0 Å². The van der Waals surface area contributed by atoms with Gasteiger partial charge in [-0.05, 0) is 25.7 Å². The molecule has 70 valence electrons. The van der Waals surface area contributed by atoms with E-state index in [0.717, 1.165) is 8.86 Å². The lowest BCUT2D eigenvalue weighted by Gasteiger charge is -1.91. The number of hydrogen-bond acceptors (Lipinski definition) is 0. The number of allylic oxidation sites excluding steroid dienone is 4. The number of halogens is 2. The molecule has 0 aromatic rings. The van der Waals surface area contributed by atoms with Gasteiger partial charge in [-0.25, -0.2) is 0 Å². The van der Waals surface area contributed by atoms with Crippen LogP contribution in [-0.2, 0) is 0 Å². The van der Waals surface area contributed by atoms with E-state index in [1.165, 1.54) is 25.7 Å². The molecule has 0 spiro atoms. The van der Waals surface area contributed by atoms with E-state index in [9.17, 15) is 0 Å². The average molecular weight is 390 g/mol. The number of hydrogen-bond donors (Lipinski definition) is 0. The molecule has 0 radical (unpaired) electrons. The first-order valence-corrected chi connectivity index (χ1v) is 7.39. The summed E-state index contributed by atoms with van der Waals surface area (Å²) in [7, 11) is 0. The summed E-state index contributed by atoms with van der Waals surface area (Å²) in [5.74, 6) is 0. The number of alkyl halides is 2. The predicted molar refractivity (Wildman–Crippen MR) is 74.5 cm³/mol. The third kappa shape index (κ3) is 10.9. The molecule has 0 N–H and O–H groups in total. The highest BCUT2D eigenvalue weighted by Crippen LogP contribution is 2.02. The Morgan fingerprint density at radius 1 is 0.667 bits per heavy atom. The van der Waals surface area contributed by atoms with Crippen LogP contribution in [0.3, 0.4) is 0 Å². The van der Waals surface area contributed by atoms with Crippen molar-refractivity contribution in [2.24, 2.45) is 0 Å². The lowest BCUT2D eigenvalue weighted by atomic mass is 10.2. The largest absolute Gasteiger partial charge is 0.0878 e. The van der Waals surface area contributed by atoms with Crippen LogP contribution < -0.4 is 0 Å². The maximum absolute atomic E-state index is 2.37. The fourth-order valence-electron chi connectivity index (χ4n) is 0.886. The van der Waals surface area contributed by atoms with E-state index in [2.05, 4.69) is 69.5 Å². The minimum atomic E-state index is 1.15. The molecule has 0 amide bonds. The third-order valence-corrected chi connectivity index (χ3v) is 2.52. The highest BCUT2D eigenvalue weighted by molar-refractivity contribution is 14.1. The Kier molecular flexibility index (Phi) is 12.9. The second-order valence-corrected chi connectivity index (χ2v) is 4.30. The lowest BCUT2D eigenvalue weighted by Crippen LogP contribution is -1.73. The van der Waals surface area contributed by atoms with Gasteiger partial charge >= 0.3 is 0 Å². The van der Waals surface area contributed by atoms with E-state index in [4.69, 9.17) is 0 Å². The van der Waals surface area contributed by atoms with E-state index in [0.29, 0.717) is 0 Å². The fraction of sp³-hybridized carbons (Fsp3) is 0.600. The molecule has 0 rings (SSSR count). The molecule has 0 heterocycles. The van der Waals surface area contributed by atoms with Gasteiger partial charge in [0.15, 0.2) is 0 Å². The lowest BCUT2D eigenvalue weighted by molar-refractivity contribution is 0.761. The van der Waals surface area contributed by atoms with Crippen molar-refractivity contribution >= 4 is 45.2 Å². The van der Waals surface area contributed by atoms with E-state index in [1.807, 2.05) is 0 Å². The Hall–Kier alpha value is 0.940. The fourth-order valence-corrected chi connectivity index (χ4v) is 1.61. The summed E-state index contributed by atoms with van der Waals surface area (Å²) in [5, 5.41) is 0. The molecule has 0 saturated heterocycles. The van der Waals surface area contributed by atoms with Crippen LogP contribution in [0.1, 0.15) is 25.7 Å². The van der Waals surface area contributed by atoms with E-state index in [-0.39, 0.29) is 0 Å². The van der Waals surface area contributed by atoms with Crippen LogP contribution in [0.4, 0.5) is 0 Å². The Morgan fingerprint density at radius 3 is 1.42 bits per heavy atom. The zero-order valence-electron chi connectivity index (χ0n) is 7.31. The van der Waals surface area contributed by atoms with Gasteiger partial charge in [0.1, 0.15) is 0 Å². The minimum absolute atomic E-state index is 1.15. The second kappa shape index (κ2) is 11.9. The van der Waals surface area contributed by atoms with Gasteiger partial charge in [-0.2, -0.15) is 0 Å². The van der Waals surface area contributed by atoms with Crippen LogP contribution in [0.15, 0.2) is 24.3 Å². The van der Waals surface area contributed by atoms with Gasteiger partial charge in [0, 0.05) is 8.86 Å². The van der Waals surface area contributed by atoms with Crippen molar-refractivity contribution in [1.82, 2.24) is 0 Å². The Morgan fingerprint density at radius 2 is 1.08 bits per heavy atom. The van der Waals surface area contributed by atoms with Gasteiger partial charge in [-0.1, -0.05) is 69.5 Å². The van der Waals surface area contributed by atoms with E-state index >= 15 is 0 Å². The zero-order valence-corrected chi connectivity index (χ0v) is 11.6. The quantitative estimate of drug-likeness (QED) is 0.260. The molecule has 0 unspecified atom stereocenters. The number of unbranched alkanes of at least 4 members (excludes halogenated alkanes) is 3. The molecule has 0 fully saturated rings. The second-order valence-electron chi connectivity index (χ2n) is 2.54. The standard InChI is InChI=1S/C10H16I2/c11-9-7-5-3-1-2-4-6-8-10-12/h5-8H,1-4,9-10H2. The van der Waals surface area contributed by atoms with Crippen molar-refractivity contribution in [2.45, 2.75) is 25.7 Å². The molecule has 0 aliphatic rings. The highest BCUT2D eigenvalue weighted by Gasteiger charge is 1.82. The molecule has 0 saturated carbocycles. The van der Waals surface area contributed by atoms with Crippen LogP contribution in [0.2, 0.25) is 0 Å². The summed E-state index contributed by atoms with van der Waals surface area (Å²) in [4.78, 5) is 0. The maximum atomic E-state index is 2.37. The summed E-state index contributed by atoms with van der Waals surface area (Å²) in [5.41, 5.74) is 0. The Balaban J connectivity index is 3.00. The van der Waals surface area contributed by atoms with Gasteiger partial charge in [0.25, 0.3) is 0 Å². The van der Waals surface area contributed by atoms with Gasteiger partial charge in [-0.3, -0.25) is 0 Å². The topological polar surface area (TPSA) is 0 Å². The van der Waals surface area contributed by atoms with Crippen LogP contribution in [0.25, 0.3) is 0 Å². The van der Waals surface area contributed by atoms with Crippen LogP contribution in [0, 0.1) is 0 Å². The summed E-state index contributed by atoms with van der Waals surface area (Å²) < 4.78 is 2.29. The minimum Gasteiger partial charge on any atom is -0.0878 e. The molecular weight excluding hydrogens is 374 g/mol. The predicted octanol–water partition coefficient (Wildman–Crippen LogP) is 4.53. The summed E-state index contributed by atoms with van der Waals surface area (Å²) in [6.45, 7) is 0. The number of rotatable bonds is 7. The van der Waals surface area contributed by atoms with Gasteiger partial charge in [0.2, 0.25) is 0 Å². The van der Waals surface area contributed by atoms with Crippen molar-refractivity contribution in [3.8, 4) is 0 Å². The molecule has 2 heteroatoms. The van der Waals surface area contributed by atoms with Crippen LogP contribution in [-0.4, -0.2) is 8.86 Å². The molecule has 12 heavy (non-hydrogen) atoms. The SMILES string of the molecule is ICC=CCCCCC=CCI. The van der Waals surface area contributed by atoms with Gasteiger partial charge in [0.05, 0.1) is 0 Å². The van der Waals surface area contributed by atoms with Crippen LogP contribution in [0.5, 0.6) is 0 Å². The molecule has 0 atom stereocenters. The monoisotopic (exact) mass is 390 g/mol.